The van der Waals surface area contributed by atoms with Crippen molar-refractivity contribution in [1.29, 1.82) is 0 Å². The Morgan fingerprint density at radius 3 is 2.15 bits per heavy atom. The molecule has 0 aliphatic carbocycles. The second-order valence-corrected chi connectivity index (χ2v) is 7.79. The topological polar surface area (TPSA) is 59.1 Å². The lowest BCUT2D eigenvalue weighted by Crippen LogP contribution is -2.48. The van der Waals surface area contributed by atoms with Crippen molar-refractivity contribution in [2.24, 2.45) is 0 Å². The number of hydrogen-bond acceptors (Lipinski definition) is 5. The minimum absolute atomic E-state index is 0.121. The molecule has 140 valence electrons. The van der Waals surface area contributed by atoms with Crippen molar-refractivity contribution in [2.45, 2.75) is 4.90 Å². The number of nitrogens with zero attached hydrogens (tertiary/aromatic N) is 2. The van der Waals surface area contributed by atoms with Crippen LogP contribution in [0.4, 0.5) is 10.1 Å². The summed E-state index contributed by atoms with van der Waals surface area (Å²) in [6, 6.07) is 10.9. The van der Waals surface area contributed by atoms with Gasteiger partial charge in [0.1, 0.15) is 22.2 Å². The van der Waals surface area contributed by atoms with E-state index < -0.39 is 10.0 Å². The third-order valence-electron chi connectivity index (χ3n) is 4.42. The van der Waals surface area contributed by atoms with Gasteiger partial charge in [0.2, 0.25) is 10.0 Å². The quantitative estimate of drug-likeness (QED) is 0.797. The van der Waals surface area contributed by atoms with E-state index in [-0.39, 0.29) is 16.5 Å². The number of piperazine rings is 1. The molecule has 0 bridgehead atoms. The Balaban J connectivity index is 1.77. The van der Waals surface area contributed by atoms with Crippen LogP contribution in [0.1, 0.15) is 0 Å². The summed E-state index contributed by atoms with van der Waals surface area (Å²) in [5.41, 5.74) is 0.880. The third kappa shape index (κ3) is 3.61. The van der Waals surface area contributed by atoms with Crippen LogP contribution in [0.15, 0.2) is 47.4 Å². The van der Waals surface area contributed by atoms with E-state index in [1.165, 1.54) is 36.7 Å². The summed E-state index contributed by atoms with van der Waals surface area (Å²) in [5, 5.41) is 0. The molecule has 1 saturated heterocycles. The third-order valence-corrected chi connectivity index (χ3v) is 6.36. The molecule has 8 heteroatoms. The van der Waals surface area contributed by atoms with Gasteiger partial charge in [0.25, 0.3) is 0 Å². The van der Waals surface area contributed by atoms with Gasteiger partial charge >= 0.3 is 0 Å². The van der Waals surface area contributed by atoms with Gasteiger partial charge in [0.15, 0.2) is 0 Å². The van der Waals surface area contributed by atoms with Crippen LogP contribution in [0.2, 0.25) is 0 Å². The number of methoxy groups -OCH3 is 2. The summed E-state index contributed by atoms with van der Waals surface area (Å²) < 4.78 is 50.8. The molecule has 0 N–H and O–H groups in total. The van der Waals surface area contributed by atoms with Crippen molar-refractivity contribution in [3.05, 3.63) is 48.3 Å². The van der Waals surface area contributed by atoms with Gasteiger partial charge in [-0.2, -0.15) is 4.31 Å². The number of sulfonamides is 1. The normalized spacial score (nSPS) is 15.7. The average molecular weight is 380 g/mol. The van der Waals surface area contributed by atoms with E-state index in [1.54, 1.807) is 24.3 Å². The SMILES string of the molecule is COc1ccc(S(=O)(=O)N2CCN(c3ccc(F)cc3)CC2)c(OC)c1. The van der Waals surface area contributed by atoms with Gasteiger partial charge < -0.3 is 14.4 Å². The molecule has 0 aromatic heterocycles. The molecular formula is C18H21FN2O4S. The van der Waals surface area contributed by atoms with E-state index in [4.69, 9.17) is 9.47 Å². The highest BCUT2D eigenvalue weighted by Gasteiger charge is 2.31. The molecule has 1 aliphatic rings. The fourth-order valence-electron chi connectivity index (χ4n) is 2.97. The van der Waals surface area contributed by atoms with Crippen LogP contribution in [0.5, 0.6) is 11.5 Å². The van der Waals surface area contributed by atoms with Crippen molar-refractivity contribution in [1.82, 2.24) is 4.31 Å². The zero-order valence-corrected chi connectivity index (χ0v) is 15.5. The number of hydrogen-bond donors (Lipinski definition) is 0. The van der Waals surface area contributed by atoms with Crippen LogP contribution in [-0.4, -0.2) is 53.1 Å². The van der Waals surface area contributed by atoms with Gasteiger partial charge in [0, 0.05) is 37.9 Å². The van der Waals surface area contributed by atoms with Crippen molar-refractivity contribution in [3.8, 4) is 11.5 Å². The van der Waals surface area contributed by atoms with Crippen molar-refractivity contribution >= 4 is 15.7 Å². The number of rotatable bonds is 5. The maximum atomic E-state index is 13.1. The largest absolute Gasteiger partial charge is 0.497 e. The maximum absolute atomic E-state index is 13.1. The molecule has 0 atom stereocenters. The van der Waals surface area contributed by atoms with Gasteiger partial charge in [-0.05, 0) is 36.4 Å². The lowest BCUT2D eigenvalue weighted by Gasteiger charge is -2.35. The summed E-state index contributed by atoms with van der Waals surface area (Å²) in [5.74, 6) is 0.494. The lowest BCUT2D eigenvalue weighted by atomic mass is 10.2. The zero-order chi connectivity index (χ0) is 18.7. The monoisotopic (exact) mass is 380 g/mol. The molecule has 1 fully saturated rings. The standard InChI is InChI=1S/C18H21FN2O4S/c1-24-16-7-8-18(17(13-16)25-2)26(22,23)21-11-9-20(10-12-21)15-5-3-14(19)4-6-15/h3-8,13H,9-12H2,1-2H3. The molecule has 0 amide bonds. The van der Waals surface area contributed by atoms with Crippen molar-refractivity contribution in [3.63, 3.8) is 0 Å². The van der Waals surface area contributed by atoms with E-state index in [9.17, 15) is 12.8 Å². The zero-order valence-electron chi connectivity index (χ0n) is 14.7. The van der Waals surface area contributed by atoms with Gasteiger partial charge in [0.05, 0.1) is 14.2 Å². The highest BCUT2D eigenvalue weighted by molar-refractivity contribution is 7.89. The van der Waals surface area contributed by atoms with Gasteiger partial charge in [-0.3, -0.25) is 0 Å². The number of anilines is 1. The van der Waals surface area contributed by atoms with Crippen LogP contribution in [-0.2, 0) is 10.0 Å². The Bertz CT molecular complexity index is 863. The Hall–Kier alpha value is -2.32. The first-order valence-corrected chi connectivity index (χ1v) is 9.62. The molecule has 6 nitrogen and oxygen atoms in total. The van der Waals surface area contributed by atoms with Gasteiger partial charge in [-0.1, -0.05) is 0 Å². The Labute approximate surface area is 152 Å². The minimum Gasteiger partial charge on any atom is -0.497 e. The van der Waals surface area contributed by atoms with Crippen molar-refractivity contribution < 1.29 is 22.3 Å². The van der Waals surface area contributed by atoms with Gasteiger partial charge in [-0.25, -0.2) is 12.8 Å². The number of halogens is 1. The maximum Gasteiger partial charge on any atom is 0.246 e. The van der Waals surface area contributed by atoms with E-state index in [2.05, 4.69) is 0 Å². The molecule has 0 unspecified atom stereocenters. The highest BCUT2D eigenvalue weighted by Crippen LogP contribution is 2.31. The number of benzene rings is 2. The first-order valence-electron chi connectivity index (χ1n) is 8.18. The molecule has 1 heterocycles. The molecule has 1 aliphatic heterocycles. The van der Waals surface area contributed by atoms with Crippen LogP contribution < -0.4 is 14.4 Å². The van der Waals surface area contributed by atoms with Crippen LogP contribution in [0.25, 0.3) is 0 Å². The lowest BCUT2D eigenvalue weighted by molar-refractivity contribution is 0.370. The van der Waals surface area contributed by atoms with Crippen LogP contribution in [0, 0.1) is 5.82 Å². The predicted octanol–water partition coefficient (Wildman–Crippen LogP) is 2.35. The van der Waals surface area contributed by atoms with Crippen LogP contribution >= 0.6 is 0 Å². The first kappa shape index (κ1) is 18.5. The fraction of sp³-hybridized carbons (Fsp3) is 0.333. The number of ether oxygens (including phenoxy) is 2. The summed E-state index contributed by atoms with van der Waals surface area (Å²) >= 11 is 0. The first-order chi connectivity index (χ1) is 12.5. The Morgan fingerprint density at radius 1 is 0.923 bits per heavy atom. The second kappa shape index (κ2) is 7.51. The molecule has 0 saturated carbocycles. The molecule has 3 rings (SSSR count). The van der Waals surface area contributed by atoms with Crippen LogP contribution in [0.3, 0.4) is 0 Å². The summed E-state index contributed by atoms with van der Waals surface area (Å²) in [7, 11) is -0.734. The van der Waals surface area contributed by atoms with E-state index in [0.717, 1.165) is 5.69 Å². The fourth-order valence-corrected chi connectivity index (χ4v) is 4.52. The predicted molar refractivity (Wildman–Crippen MR) is 96.9 cm³/mol. The smallest absolute Gasteiger partial charge is 0.246 e. The van der Waals surface area contributed by atoms with Crippen molar-refractivity contribution in [2.75, 3.05) is 45.3 Å². The van der Waals surface area contributed by atoms with E-state index >= 15 is 0 Å². The molecule has 26 heavy (non-hydrogen) atoms. The van der Waals surface area contributed by atoms with Gasteiger partial charge in [-0.15, -0.1) is 0 Å². The second-order valence-electron chi connectivity index (χ2n) is 5.88. The molecule has 2 aromatic rings. The molecule has 0 radical (unpaired) electrons. The Kier molecular flexibility index (Phi) is 5.33. The highest BCUT2D eigenvalue weighted by atomic mass is 32.2. The summed E-state index contributed by atoms with van der Waals surface area (Å²) in [4.78, 5) is 2.16. The average Bonchev–Trinajstić information content (AvgIpc) is 2.68. The summed E-state index contributed by atoms with van der Waals surface area (Å²) in [6.45, 7) is 1.75. The summed E-state index contributed by atoms with van der Waals surface area (Å²) in [6.07, 6.45) is 0. The molecule has 0 spiro atoms. The molecule has 2 aromatic carbocycles. The van der Waals surface area contributed by atoms with E-state index in [1.807, 2.05) is 4.90 Å². The minimum atomic E-state index is -3.68. The Morgan fingerprint density at radius 2 is 1.58 bits per heavy atom. The van der Waals surface area contributed by atoms with E-state index in [0.29, 0.717) is 31.9 Å². The molecular weight excluding hydrogens is 359 g/mol.